The van der Waals surface area contributed by atoms with Crippen LogP contribution >= 0.6 is 15.9 Å². The molecule has 1 fully saturated rings. The smallest absolute Gasteiger partial charge is 0.313 e. The van der Waals surface area contributed by atoms with Crippen LogP contribution in [0.4, 0.5) is 5.69 Å². The lowest BCUT2D eigenvalue weighted by molar-refractivity contribution is -0.136. The highest BCUT2D eigenvalue weighted by atomic mass is 79.9. The lowest BCUT2D eigenvalue weighted by atomic mass is 10.2. The monoisotopic (exact) mass is 481 g/mol. The number of amides is 2. The molecule has 3 rings (SSSR count). The number of benzene rings is 2. The van der Waals surface area contributed by atoms with E-state index in [0.717, 1.165) is 4.47 Å². The van der Waals surface area contributed by atoms with Crippen molar-refractivity contribution in [1.29, 1.82) is 0 Å². The Hall–Kier alpha value is -2.27. The Morgan fingerprint density at radius 2 is 1.59 bits per heavy atom. The molecule has 2 N–H and O–H groups in total. The molecule has 10 heteroatoms. The number of halogens is 1. The zero-order chi connectivity index (χ0) is 20.9. The van der Waals surface area contributed by atoms with Crippen molar-refractivity contribution in [1.82, 2.24) is 9.62 Å². The quantitative estimate of drug-likeness (QED) is 0.632. The predicted octanol–water partition coefficient (Wildman–Crippen LogP) is 1.72. The zero-order valence-electron chi connectivity index (χ0n) is 15.4. The molecule has 0 atom stereocenters. The number of carbonyl (C=O) groups excluding carboxylic acids is 2. The van der Waals surface area contributed by atoms with Crippen LogP contribution < -0.4 is 10.6 Å². The van der Waals surface area contributed by atoms with Crippen LogP contribution in [0.15, 0.2) is 57.9 Å². The van der Waals surface area contributed by atoms with Crippen molar-refractivity contribution in [3.63, 3.8) is 0 Å². The summed E-state index contributed by atoms with van der Waals surface area (Å²) in [5.41, 5.74) is 1.18. The van der Waals surface area contributed by atoms with Gasteiger partial charge >= 0.3 is 11.8 Å². The summed E-state index contributed by atoms with van der Waals surface area (Å²) in [5, 5.41) is 5.02. The number of morpholine rings is 1. The average molecular weight is 482 g/mol. The maximum absolute atomic E-state index is 12.6. The number of ether oxygens (including phenoxy) is 1. The van der Waals surface area contributed by atoms with E-state index >= 15 is 0 Å². The van der Waals surface area contributed by atoms with Gasteiger partial charge in [-0.3, -0.25) is 9.59 Å². The van der Waals surface area contributed by atoms with Crippen molar-refractivity contribution in [2.24, 2.45) is 0 Å². The molecular formula is C19H20BrN3O5S. The fourth-order valence-corrected chi connectivity index (χ4v) is 4.37. The van der Waals surface area contributed by atoms with E-state index in [9.17, 15) is 18.0 Å². The van der Waals surface area contributed by atoms with Crippen LogP contribution in [-0.4, -0.2) is 50.8 Å². The first kappa shape index (κ1) is 21.4. The molecular weight excluding hydrogens is 462 g/mol. The van der Waals surface area contributed by atoms with Crippen molar-refractivity contribution in [3.05, 3.63) is 58.6 Å². The average Bonchev–Trinajstić information content (AvgIpc) is 2.74. The van der Waals surface area contributed by atoms with E-state index in [1.165, 1.54) is 16.4 Å². The minimum Gasteiger partial charge on any atom is -0.379 e. The summed E-state index contributed by atoms with van der Waals surface area (Å²) in [5.74, 6) is -1.56. The van der Waals surface area contributed by atoms with Gasteiger partial charge in [-0.25, -0.2) is 8.42 Å². The highest BCUT2D eigenvalue weighted by Gasteiger charge is 2.26. The third kappa shape index (κ3) is 5.63. The number of nitrogens with one attached hydrogen (secondary N) is 2. The number of sulfonamides is 1. The van der Waals surface area contributed by atoms with Gasteiger partial charge in [0.25, 0.3) is 0 Å². The van der Waals surface area contributed by atoms with Gasteiger partial charge in [0.15, 0.2) is 0 Å². The Balaban J connectivity index is 1.54. The van der Waals surface area contributed by atoms with Crippen LogP contribution in [0.2, 0.25) is 0 Å². The van der Waals surface area contributed by atoms with Crippen LogP contribution in [0.5, 0.6) is 0 Å². The molecule has 0 unspecified atom stereocenters. The van der Waals surface area contributed by atoms with Crippen molar-refractivity contribution in [3.8, 4) is 0 Å². The Morgan fingerprint density at radius 1 is 0.966 bits per heavy atom. The Morgan fingerprint density at radius 3 is 2.21 bits per heavy atom. The highest BCUT2D eigenvalue weighted by molar-refractivity contribution is 9.10. The summed E-state index contributed by atoms with van der Waals surface area (Å²) >= 11 is 3.29. The summed E-state index contributed by atoms with van der Waals surface area (Å²) in [4.78, 5) is 24.1. The first-order valence-electron chi connectivity index (χ1n) is 8.88. The molecule has 1 aliphatic rings. The summed E-state index contributed by atoms with van der Waals surface area (Å²) in [7, 11) is -3.56. The minimum absolute atomic E-state index is 0.102. The SMILES string of the molecule is O=C(NCc1ccc(S(=O)(=O)N2CCOCC2)cc1)C(=O)Nc1ccc(Br)cc1. The molecule has 1 aliphatic heterocycles. The number of hydrogen-bond acceptors (Lipinski definition) is 5. The van der Waals surface area contributed by atoms with Crippen LogP contribution in [0.3, 0.4) is 0 Å². The van der Waals surface area contributed by atoms with Gasteiger partial charge in [-0.05, 0) is 42.0 Å². The van der Waals surface area contributed by atoms with E-state index in [1.807, 2.05) is 0 Å². The lowest BCUT2D eigenvalue weighted by Crippen LogP contribution is -2.40. The van der Waals surface area contributed by atoms with Gasteiger partial charge < -0.3 is 15.4 Å². The molecule has 1 heterocycles. The van der Waals surface area contributed by atoms with Crippen molar-refractivity contribution < 1.29 is 22.7 Å². The predicted molar refractivity (Wildman–Crippen MR) is 111 cm³/mol. The van der Waals surface area contributed by atoms with Crippen molar-refractivity contribution in [2.75, 3.05) is 31.6 Å². The van der Waals surface area contributed by atoms with E-state index in [-0.39, 0.29) is 11.4 Å². The van der Waals surface area contributed by atoms with E-state index < -0.39 is 21.8 Å². The molecule has 29 heavy (non-hydrogen) atoms. The minimum atomic E-state index is -3.56. The molecule has 0 aliphatic carbocycles. The number of rotatable bonds is 5. The summed E-state index contributed by atoms with van der Waals surface area (Å²) in [6.07, 6.45) is 0. The Labute approximate surface area is 177 Å². The second kappa shape index (κ2) is 9.49. The number of nitrogens with zero attached hydrogens (tertiary/aromatic N) is 1. The van der Waals surface area contributed by atoms with Crippen LogP contribution in [0.25, 0.3) is 0 Å². The molecule has 2 aromatic rings. The summed E-state index contributed by atoms with van der Waals surface area (Å²) < 4.78 is 32.6. The van der Waals surface area contributed by atoms with E-state index in [1.54, 1.807) is 36.4 Å². The van der Waals surface area contributed by atoms with Gasteiger partial charge in [-0.15, -0.1) is 0 Å². The van der Waals surface area contributed by atoms with Crippen LogP contribution in [0.1, 0.15) is 5.56 Å². The first-order chi connectivity index (χ1) is 13.9. The second-order valence-corrected chi connectivity index (χ2v) is 9.16. The van der Waals surface area contributed by atoms with E-state index in [4.69, 9.17) is 4.74 Å². The first-order valence-corrected chi connectivity index (χ1v) is 11.1. The molecule has 2 aromatic carbocycles. The van der Waals surface area contributed by atoms with Gasteiger partial charge in [0.1, 0.15) is 0 Å². The van der Waals surface area contributed by atoms with Crippen LogP contribution in [0, 0.1) is 0 Å². The normalized spacial score (nSPS) is 14.9. The molecule has 2 amide bonds. The standard InChI is InChI=1S/C19H20BrN3O5S/c20-15-3-5-16(6-4-15)22-19(25)18(24)21-13-14-1-7-17(8-2-14)29(26,27)23-9-11-28-12-10-23/h1-8H,9-13H2,(H,21,24)(H,22,25). The maximum atomic E-state index is 12.6. The van der Waals surface area contributed by atoms with Gasteiger partial charge in [0.05, 0.1) is 18.1 Å². The van der Waals surface area contributed by atoms with Gasteiger partial charge in [-0.2, -0.15) is 4.31 Å². The molecule has 1 saturated heterocycles. The topological polar surface area (TPSA) is 105 Å². The highest BCUT2D eigenvalue weighted by Crippen LogP contribution is 2.18. The Bertz CT molecular complexity index is 972. The molecule has 0 spiro atoms. The van der Waals surface area contributed by atoms with E-state index in [0.29, 0.717) is 37.6 Å². The second-order valence-electron chi connectivity index (χ2n) is 6.30. The molecule has 154 valence electrons. The van der Waals surface area contributed by atoms with E-state index in [2.05, 4.69) is 26.6 Å². The third-order valence-electron chi connectivity index (χ3n) is 4.29. The Kier molecular flexibility index (Phi) is 7.01. The summed E-state index contributed by atoms with van der Waals surface area (Å²) in [6, 6.07) is 13.1. The number of anilines is 1. The fraction of sp³-hybridized carbons (Fsp3) is 0.263. The fourth-order valence-electron chi connectivity index (χ4n) is 2.70. The molecule has 0 aromatic heterocycles. The number of carbonyl (C=O) groups is 2. The van der Waals surface area contributed by atoms with Gasteiger partial charge in [-0.1, -0.05) is 28.1 Å². The lowest BCUT2D eigenvalue weighted by Gasteiger charge is -2.26. The maximum Gasteiger partial charge on any atom is 0.313 e. The van der Waals surface area contributed by atoms with Gasteiger partial charge in [0, 0.05) is 29.8 Å². The molecule has 0 radical (unpaired) electrons. The molecule has 0 saturated carbocycles. The van der Waals surface area contributed by atoms with Crippen LogP contribution in [-0.2, 0) is 30.9 Å². The molecule has 8 nitrogen and oxygen atoms in total. The largest absolute Gasteiger partial charge is 0.379 e. The summed E-state index contributed by atoms with van der Waals surface area (Å²) in [6.45, 7) is 1.52. The zero-order valence-corrected chi connectivity index (χ0v) is 17.8. The number of hydrogen-bond donors (Lipinski definition) is 2. The van der Waals surface area contributed by atoms with Crippen molar-refractivity contribution >= 4 is 43.5 Å². The third-order valence-corrected chi connectivity index (χ3v) is 6.73. The van der Waals surface area contributed by atoms with Gasteiger partial charge in [0.2, 0.25) is 10.0 Å². The van der Waals surface area contributed by atoms with Crippen molar-refractivity contribution in [2.45, 2.75) is 11.4 Å². The molecule has 0 bridgehead atoms.